The fourth-order valence-corrected chi connectivity index (χ4v) is 3.42. The zero-order chi connectivity index (χ0) is 16.4. The van der Waals surface area contributed by atoms with E-state index in [0.717, 1.165) is 16.2 Å². The number of thioether (sulfide) groups is 1. The Bertz CT molecular complexity index is 845. The maximum Gasteiger partial charge on any atom is 0.170 e. The number of carbonyl (C=O) groups excluding carboxylic acids is 1. The Hall–Kier alpha value is -1.78. The molecule has 1 atom stereocenters. The topological polar surface area (TPSA) is 34.9 Å². The molecule has 3 rings (SSSR count). The average molecular weight is 345 g/mol. The van der Waals surface area contributed by atoms with Crippen molar-refractivity contribution in [3.8, 4) is 0 Å². The SMILES string of the molecule is CC(=O)C(C)Sc1nc2cc(Cl)ccc2n1Cc1ccccc1. The molecule has 0 fully saturated rings. The summed E-state index contributed by atoms with van der Waals surface area (Å²) in [6, 6.07) is 15.9. The second-order valence-electron chi connectivity index (χ2n) is 5.47. The monoisotopic (exact) mass is 344 g/mol. The molecule has 0 aliphatic rings. The first kappa shape index (κ1) is 16.1. The summed E-state index contributed by atoms with van der Waals surface area (Å²) in [5.74, 6) is 0.145. The number of benzene rings is 2. The summed E-state index contributed by atoms with van der Waals surface area (Å²) >= 11 is 7.57. The highest BCUT2D eigenvalue weighted by Crippen LogP contribution is 2.29. The molecule has 1 aromatic heterocycles. The minimum Gasteiger partial charge on any atom is -0.314 e. The van der Waals surface area contributed by atoms with Crippen LogP contribution in [0.4, 0.5) is 0 Å². The van der Waals surface area contributed by atoms with E-state index in [2.05, 4.69) is 21.7 Å². The molecule has 0 saturated carbocycles. The first-order chi connectivity index (χ1) is 11.0. The number of hydrogen-bond donors (Lipinski definition) is 0. The van der Waals surface area contributed by atoms with Crippen LogP contribution in [0.15, 0.2) is 53.7 Å². The molecule has 3 aromatic rings. The molecule has 0 aliphatic heterocycles. The van der Waals surface area contributed by atoms with Gasteiger partial charge in [0.25, 0.3) is 0 Å². The molecule has 5 heteroatoms. The standard InChI is InChI=1S/C18H17ClN2OS/c1-12(22)13(2)23-18-20-16-10-15(19)8-9-17(16)21(18)11-14-6-4-3-5-7-14/h3-10,13H,11H2,1-2H3. The molecule has 0 saturated heterocycles. The quantitative estimate of drug-likeness (QED) is 0.623. The smallest absolute Gasteiger partial charge is 0.170 e. The van der Waals surface area contributed by atoms with Crippen LogP contribution in [0.5, 0.6) is 0 Å². The number of fused-ring (bicyclic) bond motifs is 1. The lowest BCUT2D eigenvalue weighted by Crippen LogP contribution is -2.10. The van der Waals surface area contributed by atoms with Crippen molar-refractivity contribution >= 4 is 40.2 Å². The van der Waals surface area contributed by atoms with E-state index in [1.807, 2.05) is 43.3 Å². The number of carbonyl (C=O) groups is 1. The van der Waals surface area contributed by atoms with Gasteiger partial charge in [-0.1, -0.05) is 53.7 Å². The van der Waals surface area contributed by atoms with Gasteiger partial charge in [0.05, 0.1) is 22.8 Å². The molecule has 23 heavy (non-hydrogen) atoms. The summed E-state index contributed by atoms with van der Waals surface area (Å²) in [6.45, 7) is 4.23. The molecule has 118 valence electrons. The number of ketones is 1. The van der Waals surface area contributed by atoms with E-state index in [9.17, 15) is 4.79 Å². The van der Waals surface area contributed by atoms with Crippen LogP contribution in [-0.4, -0.2) is 20.6 Å². The minimum atomic E-state index is -0.128. The molecule has 0 aliphatic carbocycles. The van der Waals surface area contributed by atoms with E-state index >= 15 is 0 Å². The largest absolute Gasteiger partial charge is 0.314 e. The summed E-state index contributed by atoms with van der Waals surface area (Å²) in [7, 11) is 0. The molecule has 0 radical (unpaired) electrons. The number of imidazole rings is 1. The van der Waals surface area contributed by atoms with Gasteiger partial charge in [-0.2, -0.15) is 0 Å². The number of aromatic nitrogens is 2. The Morgan fingerprint density at radius 2 is 2.00 bits per heavy atom. The van der Waals surface area contributed by atoms with E-state index in [0.29, 0.717) is 11.6 Å². The Morgan fingerprint density at radius 1 is 1.26 bits per heavy atom. The molecule has 2 aromatic carbocycles. The van der Waals surface area contributed by atoms with Crippen LogP contribution in [0, 0.1) is 0 Å². The fraction of sp³-hybridized carbons (Fsp3) is 0.222. The van der Waals surface area contributed by atoms with E-state index < -0.39 is 0 Å². The van der Waals surface area contributed by atoms with Gasteiger partial charge in [-0.15, -0.1) is 0 Å². The number of hydrogen-bond acceptors (Lipinski definition) is 3. The second kappa shape index (κ2) is 6.77. The van der Waals surface area contributed by atoms with Gasteiger partial charge in [0.15, 0.2) is 5.16 Å². The van der Waals surface area contributed by atoms with E-state index in [1.165, 1.54) is 17.3 Å². The van der Waals surface area contributed by atoms with Crippen LogP contribution in [-0.2, 0) is 11.3 Å². The van der Waals surface area contributed by atoms with Gasteiger partial charge in [0.2, 0.25) is 0 Å². The first-order valence-corrected chi connectivity index (χ1v) is 8.67. The molecule has 0 N–H and O–H groups in total. The zero-order valence-corrected chi connectivity index (χ0v) is 14.6. The third-order valence-electron chi connectivity index (χ3n) is 3.71. The lowest BCUT2D eigenvalue weighted by molar-refractivity contribution is -0.116. The maximum atomic E-state index is 11.6. The summed E-state index contributed by atoms with van der Waals surface area (Å²) in [5.41, 5.74) is 3.07. The Labute approximate surface area is 144 Å². The van der Waals surface area contributed by atoms with Crippen LogP contribution < -0.4 is 0 Å². The highest BCUT2D eigenvalue weighted by Gasteiger charge is 2.17. The highest BCUT2D eigenvalue weighted by atomic mass is 35.5. The third kappa shape index (κ3) is 3.59. The van der Waals surface area contributed by atoms with Crippen molar-refractivity contribution in [3.05, 3.63) is 59.1 Å². The average Bonchev–Trinajstić information content (AvgIpc) is 2.85. The Kier molecular flexibility index (Phi) is 4.74. The van der Waals surface area contributed by atoms with Crippen molar-refractivity contribution in [2.75, 3.05) is 0 Å². The van der Waals surface area contributed by atoms with Crippen LogP contribution in [0.2, 0.25) is 5.02 Å². The predicted molar refractivity (Wildman–Crippen MR) is 96.3 cm³/mol. The number of rotatable bonds is 5. The van der Waals surface area contributed by atoms with Crippen LogP contribution in [0.1, 0.15) is 19.4 Å². The number of Topliss-reactive ketones (excluding diaryl/α,β-unsaturated/α-hetero) is 1. The third-order valence-corrected chi connectivity index (χ3v) is 5.16. The lowest BCUT2D eigenvalue weighted by Gasteiger charge is -2.11. The molecule has 1 unspecified atom stereocenters. The predicted octanol–water partition coefficient (Wildman–Crippen LogP) is 4.81. The van der Waals surface area contributed by atoms with Gasteiger partial charge < -0.3 is 4.57 Å². The first-order valence-electron chi connectivity index (χ1n) is 7.41. The van der Waals surface area contributed by atoms with Crippen LogP contribution >= 0.6 is 23.4 Å². The Balaban J connectivity index is 2.06. The fourth-order valence-electron chi connectivity index (χ4n) is 2.33. The molecular weight excluding hydrogens is 328 g/mol. The van der Waals surface area contributed by atoms with E-state index in [-0.39, 0.29) is 11.0 Å². The minimum absolute atomic E-state index is 0.128. The zero-order valence-electron chi connectivity index (χ0n) is 13.0. The highest BCUT2D eigenvalue weighted by molar-refractivity contribution is 8.00. The van der Waals surface area contributed by atoms with Crippen molar-refractivity contribution in [3.63, 3.8) is 0 Å². The van der Waals surface area contributed by atoms with E-state index in [4.69, 9.17) is 11.6 Å². The molecule has 0 spiro atoms. The molecular formula is C18H17ClN2OS. The van der Waals surface area contributed by atoms with Gasteiger partial charge in [-0.05, 0) is 37.6 Å². The summed E-state index contributed by atoms with van der Waals surface area (Å²) in [5, 5.41) is 1.38. The summed E-state index contributed by atoms with van der Waals surface area (Å²) < 4.78 is 2.14. The molecule has 1 heterocycles. The Morgan fingerprint density at radius 3 is 2.70 bits per heavy atom. The lowest BCUT2D eigenvalue weighted by atomic mass is 10.2. The van der Waals surface area contributed by atoms with Crippen molar-refractivity contribution in [1.29, 1.82) is 0 Å². The van der Waals surface area contributed by atoms with Gasteiger partial charge in [0.1, 0.15) is 5.78 Å². The normalized spacial score (nSPS) is 12.5. The number of nitrogens with zero attached hydrogens (tertiary/aromatic N) is 2. The van der Waals surface area contributed by atoms with Crippen LogP contribution in [0.3, 0.4) is 0 Å². The maximum absolute atomic E-state index is 11.6. The van der Waals surface area contributed by atoms with E-state index in [1.54, 1.807) is 6.92 Å². The van der Waals surface area contributed by atoms with Crippen molar-refractivity contribution in [1.82, 2.24) is 9.55 Å². The second-order valence-corrected chi connectivity index (χ2v) is 7.21. The number of halogens is 1. The van der Waals surface area contributed by atoms with Gasteiger partial charge in [0, 0.05) is 5.02 Å². The van der Waals surface area contributed by atoms with Gasteiger partial charge in [-0.25, -0.2) is 4.98 Å². The molecule has 0 amide bonds. The van der Waals surface area contributed by atoms with Crippen molar-refractivity contribution in [2.45, 2.75) is 30.8 Å². The summed E-state index contributed by atoms with van der Waals surface area (Å²) in [4.78, 5) is 16.3. The van der Waals surface area contributed by atoms with Gasteiger partial charge >= 0.3 is 0 Å². The molecule has 0 bridgehead atoms. The van der Waals surface area contributed by atoms with Crippen molar-refractivity contribution < 1.29 is 4.79 Å². The van der Waals surface area contributed by atoms with Crippen LogP contribution in [0.25, 0.3) is 11.0 Å². The molecule has 3 nitrogen and oxygen atoms in total. The van der Waals surface area contributed by atoms with Gasteiger partial charge in [-0.3, -0.25) is 4.79 Å². The van der Waals surface area contributed by atoms with Crippen molar-refractivity contribution in [2.24, 2.45) is 0 Å². The summed E-state index contributed by atoms with van der Waals surface area (Å²) in [6.07, 6.45) is 0.